The van der Waals surface area contributed by atoms with Gasteiger partial charge in [-0.3, -0.25) is 9.59 Å². The van der Waals surface area contributed by atoms with Crippen molar-refractivity contribution in [3.8, 4) is 0 Å². The molecule has 1 unspecified atom stereocenters. The molecule has 0 aliphatic heterocycles. The summed E-state index contributed by atoms with van der Waals surface area (Å²) in [7, 11) is 0. The minimum atomic E-state index is -0.714. The van der Waals surface area contributed by atoms with Crippen molar-refractivity contribution in [3.05, 3.63) is 22.6 Å². The molecule has 118 valence electrons. The molecule has 0 spiro atoms. The maximum absolute atomic E-state index is 12.1. The summed E-state index contributed by atoms with van der Waals surface area (Å²) in [6.07, 6.45) is 3.01. The number of H-pyrrole nitrogens is 1. The van der Waals surface area contributed by atoms with E-state index in [0.717, 1.165) is 13.0 Å². The van der Waals surface area contributed by atoms with Crippen LogP contribution in [0.1, 0.15) is 33.6 Å². The first-order valence-electron chi connectivity index (χ1n) is 7.12. The lowest BCUT2D eigenvalue weighted by molar-refractivity contribution is -0.150. The highest BCUT2D eigenvalue weighted by Crippen LogP contribution is 2.19. The van der Waals surface area contributed by atoms with Gasteiger partial charge in [-0.15, -0.1) is 0 Å². The van der Waals surface area contributed by atoms with E-state index >= 15 is 0 Å². The molecular weight excluding hydrogens is 290 g/mol. The number of rotatable bonds is 9. The van der Waals surface area contributed by atoms with Crippen molar-refractivity contribution in [2.24, 2.45) is 0 Å². The molecule has 6 nitrogen and oxygen atoms in total. The van der Waals surface area contributed by atoms with Gasteiger partial charge >= 0.3 is 5.97 Å². The molecule has 7 heteroatoms. The molecule has 0 aliphatic rings. The third-order valence-corrected chi connectivity index (χ3v) is 3.87. The number of hydrogen-bond donors (Lipinski definition) is 2. The number of aromatic amines is 1. The topological polar surface area (TPSA) is 84.1 Å². The van der Waals surface area contributed by atoms with Crippen LogP contribution in [0.2, 0.25) is 0 Å². The standard InChI is InChI=1S/C14H23N3O3S/c1-4-8-16-14(3,12(19)20-5-2)7-10-21-13-15-9-6-11(18)17-13/h6,9,16H,4-5,7-8,10H2,1-3H3,(H,15,17,18). The Balaban J connectivity index is 2.60. The summed E-state index contributed by atoms with van der Waals surface area (Å²) in [6.45, 7) is 6.81. The Hall–Kier alpha value is -1.34. The maximum Gasteiger partial charge on any atom is 0.326 e. The molecule has 0 fully saturated rings. The fourth-order valence-corrected chi connectivity index (χ4v) is 2.74. The van der Waals surface area contributed by atoms with Gasteiger partial charge in [-0.1, -0.05) is 18.7 Å². The van der Waals surface area contributed by atoms with E-state index in [9.17, 15) is 9.59 Å². The number of carbonyl (C=O) groups excluding carboxylic acids is 1. The number of esters is 1. The monoisotopic (exact) mass is 313 g/mol. The first-order valence-corrected chi connectivity index (χ1v) is 8.10. The van der Waals surface area contributed by atoms with Crippen LogP contribution in [0.3, 0.4) is 0 Å². The molecule has 0 bridgehead atoms. The number of carbonyl (C=O) groups is 1. The quantitative estimate of drug-likeness (QED) is 0.409. The lowest BCUT2D eigenvalue weighted by atomic mass is 9.99. The lowest BCUT2D eigenvalue weighted by Crippen LogP contribution is -2.51. The SMILES string of the molecule is CCCNC(C)(CCSc1nccc(=O)[nH]1)C(=O)OCC. The summed E-state index contributed by atoms with van der Waals surface area (Å²) in [5, 5.41) is 3.81. The molecule has 0 aliphatic carbocycles. The molecule has 0 saturated heterocycles. The summed E-state index contributed by atoms with van der Waals surface area (Å²) >= 11 is 1.42. The van der Waals surface area contributed by atoms with Crippen LogP contribution in [0, 0.1) is 0 Å². The zero-order valence-electron chi connectivity index (χ0n) is 12.8. The van der Waals surface area contributed by atoms with Crippen LogP contribution in [-0.2, 0) is 9.53 Å². The Labute approximate surface area is 129 Å². The minimum Gasteiger partial charge on any atom is -0.465 e. The van der Waals surface area contributed by atoms with E-state index in [1.165, 1.54) is 24.0 Å². The lowest BCUT2D eigenvalue weighted by Gasteiger charge is -2.28. The smallest absolute Gasteiger partial charge is 0.326 e. The number of nitrogens with one attached hydrogen (secondary N) is 2. The van der Waals surface area contributed by atoms with Gasteiger partial charge in [0.05, 0.1) is 6.61 Å². The van der Waals surface area contributed by atoms with E-state index in [1.807, 2.05) is 13.8 Å². The predicted molar refractivity (Wildman–Crippen MR) is 83.5 cm³/mol. The second kappa shape index (κ2) is 8.84. The van der Waals surface area contributed by atoms with E-state index < -0.39 is 5.54 Å². The Morgan fingerprint density at radius 3 is 2.90 bits per heavy atom. The van der Waals surface area contributed by atoms with Gasteiger partial charge in [-0.2, -0.15) is 0 Å². The van der Waals surface area contributed by atoms with Crippen molar-refractivity contribution in [1.29, 1.82) is 0 Å². The second-order valence-corrected chi connectivity index (χ2v) is 5.90. The number of aromatic nitrogens is 2. The van der Waals surface area contributed by atoms with Crippen molar-refractivity contribution >= 4 is 17.7 Å². The first kappa shape index (κ1) is 17.7. The minimum absolute atomic E-state index is 0.176. The summed E-state index contributed by atoms with van der Waals surface area (Å²) in [5.41, 5.74) is -0.890. The fourth-order valence-electron chi connectivity index (χ4n) is 1.73. The van der Waals surface area contributed by atoms with Crippen LogP contribution < -0.4 is 10.9 Å². The van der Waals surface area contributed by atoms with Crippen molar-refractivity contribution in [2.45, 2.75) is 44.3 Å². The zero-order chi connectivity index (χ0) is 15.7. The molecule has 1 heterocycles. The summed E-state index contributed by atoms with van der Waals surface area (Å²) in [6, 6.07) is 1.37. The van der Waals surface area contributed by atoms with Crippen molar-refractivity contribution in [1.82, 2.24) is 15.3 Å². The highest BCUT2D eigenvalue weighted by atomic mass is 32.2. The van der Waals surface area contributed by atoms with Crippen LogP contribution in [0.25, 0.3) is 0 Å². The van der Waals surface area contributed by atoms with Crippen LogP contribution in [-0.4, -0.2) is 40.4 Å². The van der Waals surface area contributed by atoms with E-state index in [-0.39, 0.29) is 11.5 Å². The largest absolute Gasteiger partial charge is 0.465 e. The molecular formula is C14H23N3O3S. The Morgan fingerprint density at radius 1 is 1.52 bits per heavy atom. The highest BCUT2D eigenvalue weighted by Gasteiger charge is 2.33. The highest BCUT2D eigenvalue weighted by molar-refractivity contribution is 7.99. The molecule has 21 heavy (non-hydrogen) atoms. The Morgan fingerprint density at radius 2 is 2.29 bits per heavy atom. The zero-order valence-corrected chi connectivity index (χ0v) is 13.6. The average molecular weight is 313 g/mol. The van der Waals surface area contributed by atoms with E-state index in [1.54, 1.807) is 6.92 Å². The second-order valence-electron chi connectivity index (χ2n) is 4.82. The maximum atomic E-state index is 12.1. The molecule has 0 amide bonds. The van der Waals surface area contributed by atoms with Crippen LogP contribution in [0.5, 0.6) is 0 Å². The Bertz CT molecular complexity index is 506. The van der Waals surface area contributed by atoms with Gasteiger partial charge in [0, 0.05) is 18.0 Å². The molecule has 0 saturated carbocycles. The normalized spacial score (nSPS) is 13.7. The number of nitrogens with zero attached hydrogens (tertiary/aromatic N) is 1. The summed E-state index contributed by atoms with van der Waals surface area (Å²) in [4.78, 5) is 30.0. The van der Waals surface area contributed by atoms with E-state index in [0.29, 0.717) is 23.9 Å². The first-order chi connectivity index (χ1) is 10.0. The number of hydrogen-bond acceptors (Lipinski definition) is 6. The van der Waals surface area contributed by atoms with Gasteiger partial charge in [-0.25, -0.2) is 4.98 Å². The molecule has 1 rings (SSSR count). The fraction of sp³-hybridized carbons (Fsp3) is 0.643. The molecule has 0 radical (unpaired) electrons. The number of thioether (sulfide) groups is 1. The van der Waals surface area contributed by atoms with Gasteiger partial charge in [0.15, 0.2) is 5.16 Å². The van der Waals surface area contributed by atoms with Crippen LogP contribution in [0.15, 0.2) is 22.2 Å². The van der Waals surface area contributed by atoms with E-state index in [2.05, 4.69) is 15.3 Å². The molecule has 0 aromatic carbocycles. The molecule has 1 aromatic heterocycles. The molecule has 1 aromatic rings. The summed E-state index contributed by atoms with van der Waals surface area (Å²) < 4.78 is 5.14. The van der Waals surface area contributed by atoms with E-state index in [4.69, 9.17) is 4.74 Å². The molecule has 1 atom stereocenters. The predicted octanol–water partition coefficient (Wildman–Crippen LogP) is 1.57. The number of ether oxygens (including phenoxy) is 1. The Kier molecular flexibility index (Phi) is 7.45. The summed E-state index contributed by atoms with van der Waals surface area (Å²) in [5.74, 6) is 0.410. The van der Waals surface area contributed by atoms with Gasteiger partial charge < -0.3 is 15.0 Å². The van der Waals surface area contributed by atoms with Gasteiger partial charge in [0.1, 0.15) is 5.54 Å². The third-order valence-electron chi connectivity index (χ3n) is 2.98. The van der Waals surface area contributed by atoms with Crippen molar-refractivity contribution in [3.63, 3.8) is 0 Å². The van der Waals surface area contributed by atoms with Gasteiger partial charge in [0.2, 0.25) is 0 Å². The average Bonchev–Trinajstić information content (AvgIpc) is 2.45. The molecule has 2 N–H and O–H groups in total. The van der Waals surface area contributed by atoms with Gasteiger partial charge in [-0.05, 0) is 33.2 Å². The van der Waals surface area contributed by atoms with Crippen molar-refractivity contribution < 1.29 is 9.53 Å². The van der Waals surface area contributed by atoms with Gasteiger partial charge in [0.25, 0.3) is 5.56 Å². The third kappa shape index (κ3) is 5.89. The van der Waals surface area contributed by atoms with Crippen LogP contribution >= 0.6 is 11.8 Å². The van der Waals surface area contributed by atoms with Crippen molar-refractivity contribution in [2.75, 3.05) is 18.9 Å². The van der Waals surface area contributed by atoms with Crippen LogP contribution in [0.4, 0.5) is 0 Å².